The average Bonchev–Trinajstić information content (AvgIpc) is 4.06. The maximum Gasteiger partial charge on any atom is 0.143 e. The van der Waals surface area contributed by atoms with Crippen LogP contribution >= 0.6 is 11.6 Å². The predicted molar refractivity (Wildman–Crippen MR) is 322 cm³/mol. The summed E-state index contributed by atoms with van der Waals surface area (Å²) in [6.45, 7) is 11.7. The van der Waals surface area contributed by atoms with Crippen LogP contribution in [0.15, 0.2) is 235 Å². The lowest BCUT2D eigenvalue weighted by Crippen LogP contribution is -2.25. The van der Waals surface area contributed by atoms with E-state index in [9.17, 15) is 0 Å². The van der Waals surface area contributed by atoms with E-state index in [1.807, 2.05) is 12.1 Å². The van der Waals surface area contributed by atoms with E-state index in [0.29, 0.717) is 5.02 Å². The number of benzene rings is 11. The maximum absolute atomic E-state index is 7.50. The summed E-state index contributed by atoms with van der Waals surface area (Å²) in [4.78, 5) is 4.83. The first-order valence-electron chi connectivity index (χ1n) is 26.8. The van der Waals surface area contributed by atoms with Crippen LogP contribution in [-0.2, 0) is 10.8 Å². The average molecular weight is 1010 g/mol. The molecule has 77 heavy (non-hydrogen) atoms. The Morgan fingerprint density at radius 2 is 0.818 bits per heavy atom. The molecule has 1 atom stereocenters. The number of anilines is 6. The van der Waals surface area contributed by atoms with Gasteiger partial charge in [-0.2, -0.15) is 0 Å². The third kappa shape index (κ3) is 6.70. The minimum Gasteiger partial charge on any atom is -0.455 e. The monoisotopic (exact) mass is 1010 g/mol. The normalized spacial score (nSPS) is 15.5. The summed E-state index contributed by atoms with van der Waals surface area (Å²) < 4.78 is 6.56. The van der Waals surface area contributed by atoms with E-state index in [1.165, 1.54) is 83.5 Å². The smallest absolute Gasteiger partial charge is 0.143 e. The number of furan rings is 1. The van der Waals surface area contributed by atoms with Crippen molar-refractivity contribution in [2.24, 2.45) is 0 Å². The zero-order valence-corrected chi connectivity index (χ0v) is 44.4. The number of para-hydroxylation sites is 2. The molecule has 1 aliphatic heterocycles. The van der Waals surface area contributed by atoms with Crippen molar-refractivity contribution >= 4 is 67.7 Å². The van der Waals surface area contributed by atoms with Crippen LogP contribution in [0.25, 0.3) is 77.6 Å². The van der Waals surface area contributed by atoms with E-state index < -0.39 is 5.41 Å². The molecular weight excluding hydrogens is 956 g/mol. The summed E-state index contributed by atoms with van der Waals surface area (Å²) in [6, 6.07) is 85.1. The molecule has 0 saturated heterocycles. The third-order valence-electron chi connectivity index (χ3n) is 17.5. The lowest BCUT2D eigenvalue weighted by atomic mass is 9.71. The van der Waals surface area contributed by atoms with Crippen LogP contribution < -0.4 is 9.80 Å². The molecule has 3 nitrogen and oxygen atoms in total. The van der Waals surface area contributed by atoms with E-state index in [2.05, 4.69) is 263 Å². The summed E-state index contributed by atoms with van der Waals surface area (Å²) in [5.41, 5.74) is 28.2. The highest BCUT2D eigenvalue weighted by Gasteiger charge is 2.44. The fourth-order valence-corrected chi connectivity index (χ4v) is 13.9. The molecule has 2 aliphatic carbocycles. The molecule has 11 aromatic carbocycles. The van der Waals surface area contributed by atoms with Gasteiger partial charge in [0.1, 0.15) is 11.2 Å². The van der Waals surface area contributed by atoms with Crippen molar-refractivity contribution < 1.29 is 4.42 Å². The molecule has 1 unspecified atom stereocenters. The molecule has 0 spiro atoms. The number of hydrogen-bond acceptors (Lipinski definition) is 3. The molecule has 12 aromatic rings. The standard InChI is InChI=1S/C73H53ClN2O/c1-44-16-6-7-17-54(44)55-21-14-22-56(45(55)2)60-35-32-51-43-68(60)73(5)66-26-12-9-19-59(66)62-37-34-50(42-69(62)73)75(48-30-28-46(29-31-48)57-23-15-24-64-63-20-10-13-27-70(63)77-71(57)64)52-38-47(74)39-53(40-52)76(51)49-33-36-61-58-18-8-11-25-65(58)72(3,4)67(61)41-49/h6-43H,1-5H3. The minimum absolute atomic E-state index is 0.207. The molecule has 4 heteroatoms. The molecule has 1 aromatic heterocycles. The Labute approximate surface area is 454 Å². The molecule has 368 valence electrons. The highest BCUT2D eigenvalue weighted by molar-refractivity contribution is 6.31. The van der Waals surface area contributed by atoms with Gasteiger partial charge >= 0.3 is 0 Å². The first-order chi connectivity index (χ1) is 37.5. The zero-order valence-electron chi connectivity index (χ0n) is 43.6. The van der Waals surface area contributed by atoms with Gasteiger partial charge in [0.15, 0.2) is 0 Å². The molecular formula is C73H53ClN2O. The van der Waals surface area contributed by atoms with Gasteiger partial charge in [0.2, 0.25) is 0 Å². The van der Waals surface area contributed by atoms with Gasteiger partial charge in [-0.1, -0.05) is 183 Å². The summed E-state index contributed by atoms with van der Waals surface area (Å²) >= 11 is 7.50. The van der Waals surface area contributed by atoms with E-state index in [-0.39, 0.29) is 5.41 Å². The van der Waals surface area contributed by atoms with Crippen LogP contribution in [0.5, 0.6) is 0 Å². The number of rotatable bonds is 5. The van der Waals surface area contributed by atoms with Crippen LogP contribution in [-0.4, -0.2) is 0 Å². The highest BCUT2D eigenvalue weighted by Crippen LogP contribution is 2.58. The maximum atomic E-state index is 7.50. The molecule has 0 N–H and O–H groups in total. The zero-order chi connectivity index (χ0) is 51.9. The Kier molecular flexibility index (Phi) is 9.93. The quantitative estimate of drug-likeness (QED) is 0.171. The van der Waals surface area contributed by atoms with E-state index in [0.717, 1.165) is 67.2 Å². The van der Waals surface area contributed by atoms with Crippen molar-refractivity contribution in [3.63, 3.8) is 0 Å². The van der Waals surface area contributed by atoms with Crippen LogP contribution in [0, 0.1) is 13.8 Å². The number of nitrogens with zero attached hydrogens (tertiary/aromatic N) is 2. The fourth-order valence-electron chi connectivity index (χ4n) is 13.6. The molecule has 0 fully saturated rings. The van der Waals surface area contributed by atoms with Crippen LogP contribution in [0.3, 0.4) is 0 Å². The van der Waals surface area contributed by atoms with Crippen molar-refractivity contribution in [2.45, 2.75) is 45.4 Å². The molecule has 0 radical (unpaired) electrons. The molecule has 6 bridgehead atoms. The summed E-state index contributed by atoms with van der Waals surface area (Å²) in [7, 11) is 0. The van der Waals surface area contributed by atoms with E-state index in [4.69, 9.17) is 16.0 Å². The highest BCUT2D eigenvalue weighted by atomic mass is 35.5. The minimum atomic E-state index is -0.586. The number of aryl methyl sites for hydroxylation is 1. The van der Waals surface area contributed by atoms with Gasteiger partial charge in [-0.3, -0.25) is 0 Å². The number of fused-ring (bicyclic) bond motifs is 15. The van der Waals surface area contributed by atoms with Gasteiger partial charge in [0.05, 0.1) is 0 Å². The second-order valence-electron chi connectivity index (χ2n) is 22.0. The first kappa shape index (κ1) is 45.5. The van der Waals surface area contributed by atoms with Crippen LogP contribution in [0.4, 0.5) is 34.1 Å². The second kappa shape index (κ2) is 16.8. The third-order valence-corrected chi connectivity index (χ3v) is 17.7. The lowest BCUT2D eigenvalue weighted by molar-refractivity contribution is 0.660. The first-order valence-corrected chi connectivity index (χ1v) is 27.1. The van der Waals surface area contributed by atoms with Gasteiger partial charge < -0.3 is 14.2 Å². The Morgan fingerprint density at radius 3 is 1.51 bits per heavy atom. The van der Waals surface area contributed by atoms with Gasteiger partial charge in [0, 0.05) is 66.3 Å². The topological polar surface area (TPSA) is 19.6 Å². The molecule has 3 aliphatic rings. The molecule has 15 rings (SSSR count). The Morgan fingerprint density at radius 1 is 0.351 bits per heavy atom. The lowest BCUT2D eigenvalue weighted by Gasteiger charge is -2.36. The van der Waals surface area contributed by atoms with Crippen LogP contribution in [0.1, 0.15) is 59.7 Å². The van der Waals surface area contributed by atoms with Crippen molar-refractivity contribution in [1.82, 2.24) is 0 Å². The molecule has 0 amide bonds. The van der Waals surface area contributed by atoms with E-state index in [1.54, 1.807) is 0 Å². The Bertz CT molecular complexity index is 4450. The summed E-state index contributed by atoms with van der Waals surface area (Å²) in [5, 5.41) is 2.88. The fraction of sp³-hybridized carbons (Fsp3) is 0.0959. The van der Waals surface area contributed by atoms with Gasteiger partial charge in [0.25, 0.3) is 0 Å². The SMILES string of the molecule is Cc1ccccc1-c1cccc(-c2ccc3cc2C2(C)c4ccccc4-c4ccc(cc42)N(c2ccc(-c4cccc5c4oc4ccccc45)cc2)c2cc(Cl)cc(c2)N3c2ccc3c(c2)C(C)(C)c2ccccc2-3)c1C. The Balaban J connectivity index is 0.996. The van der Waals surface area contributed by atoms with Crippen LogP contribution in [0.2, 0.25) is 5.02 Å². The van der Waals surface area contributed by atoms with Crippen molar-refractivity contribution in [3.8, 4) is 55.6 Å². The van der Waals surface area contributed by atoms with Crippen molar-refractivity contribution in [2.75, 3.05) is 9.80 Å². The number of halogens is 1. The largest absolute Gasteiger partial charge is 0.455 e. The second-order valence-corrected chi connectivity index (χ2v) is 22.4. The van der Waals surface area contributed by atoms with Gasteiger partial charge in [-0.15, -0.1) is 0 Å². The molecule has 0 saturated carbocycles. The van der Waals surface area contributed by atoms with Gasteiger partial charge in [-0.05, 0) is 183 Å². The van der Waals surface area contributed by atoms with Gasteiger partial charge in [-0.25, -0.2) is 0 Å². The van der Waals surface area contributed by atoms with E-state index >= 15 is 0 Å². The summed E-state index contributed by atoms with van der Waals surface area (Å²) in [6.07, 6.45) is 0. The Hall–Kier alpha value is -8.89. The molecule has 2 heterocycles. The summed E-state index contributed by atoms with van der Waals surface area (Å²) in [5.74, 6) is 0. The van der Waals surface area contributed by atoms with Crippen molar-refractivity contribution in [1.29, 1.82) is 0 Å². The predicted octanol–water partition coefficient (Wildman–Crippen LogP) is 20.8. The van der Waals surface area contributed by atoms with Crippen molar-refractivity contribution in [3.05, 3.63) is 274 Å². The number of hydrogen-bond donors (Lipinski definition) is 0.